The van der Waals surface area contributed by atoms with Crippen LogP contribution in [0.25, 0.3) is 0 Å². The first-order chi connectivity index (χ1) is 10.1. The van der Waals surface area contributed by atoms with Crippen LogP contribution in [0.15, 0.2) is 18.2 Å². The topological polar surface area (TPSA) is 18.5 Å². The second kappa shape index (κ2) is 7.68. The van der Waals surface area contributed by atoms with Gasteiger partial charge in [-0.25, -0.2) is 8.78 Å². The molecule has 0 spiro atoms. The molecule has 124 valence electrons. The second-order valence-electron chi connectivity index (χ2n) is 6.06. The molecule has 1 aromatic carbocycles. The highest BCUT2D eigenvalue weighted by Crippen LogP contribution is 2.25. The van der Waals surface area contributed by atoms with Gasteiger partial charge < -0.3 is 5.32 Å². The highest BCUT2D eigenvalue weighted by molar-refractivity contribution is 5.85. The third-order valence-electron chi connectivity index (χ3n) is 4.86. The Hall–Kier alpha value is -0.750. The van der Waals surface area contributed by atoms with Crippen molar-refractivity contribution in [3.05, 3.63) is 35.4 Å². The molecule has 2 unspecified atom stereocenters. The molecule has 2 atom stereocenters. The fraction of sp³-hybridized carbons (Fsp3) is 0.625. The van der Waals surface area contributed by atoms with Crippen LogP contribution in [0, 0.1) is 11.6 Å². The van der Waals surface area contributed by atoms with Gasteiger partial charge in [-0.15, -0.1) is 12.4 Å². The lowest BCUT2D eigenvalue weighted by atomic mass is 10.0. The van der Waals surface area contributed by atoms with Gasteiger partial charge >= 0.3 is 0 Å². The fourth-order valence-corrected chi connectivity index (χ4v) is 3.47. The van der Waals surface area contributed by atoms with Crippen molar-refractivity contribution in [2.75, 3.05) is 39.3 Å². The average Bonchev–Trinajstić information content (AvgIpc) is 3.03. The molecule has 2 aliphatic heterocycles. The third kappa shape index (κ3) is 3.77. The smallest absolute Gasteiger partial charge is 0.128 e. The van der Waals surface area contributed by atoms with Crippen LogP contribution in [-0.2, 0) is 0 Å². The molecule has 3 rings (SSSR count). The van der Waals surface area contributed by atoms with Gasteiger partial charge in [-0.1, -0.05) is 0 Å². The van der Waals surface area contributed by atoms with Crippen LogP contribution in [0.4, 0.5) is 8.78 Å². The molecule has 22 heavy (non-hydrogen) atoms. The van der Waals surface area contributed by atoms with Crippen LogP contribution in [0.3, 0.4) is 0 Å². The van der Waals surface area contributed by atoms with Crippen LogP contribution >= 0.6 is 12.4 Å². The Morgan fingerprint density at radius 1 is 1.18 bits per heavy atom. The second-order valence-corrected chi connectivity index (χ2v) is 6.06. The molecule has 0 amide bonds. The summed E-state index contributed by atoms with van der Waals surface area (Å²) in [5.41, 5.74) is 0.464. The fourth-order valence-electron chi connectivity index (χ4n) is 3.47. The van der Waals surface area contributed by atoms with Crippen LogP contribution in [0.1, 0.15) is 24.9 Å². The van der Waals surface area contributed by atoms with Gasteiger partial charge in [-0.3, -0.25) is 9.80 Å². The minimum absolute atomic E-state index is 0. The molecule has 6 heteroatoms. The third-order valence-corrected chi connectivity index (χ3v) is 4.86. The van der Waals surface area contributed by atoms with Gasteiger partial charge in [-0.05, 0) is 38.1 Å². The zero-order chi connectivity index (χ0) is 14.8. The highest BCUT2D eigenvalue weighted by Gasteiger charge is 2.28. The molecule has 2 heterocycles. The summed E-state index contributed by atoms with van der Waals surface area (Å²) < 4.78 is 27.2. The first-order valence-corrected chi connectivity index (χ1v) is 7.79. The molecular formula is C16H24ClF2N3. The molecule has 0 saturated carbocycles. The Kier molecular flexibility index (Phi) is 6.15. The van der Waals surface area contributed by atoms with Crippen molar-refractivity contribution >= 4 is 12.4 Å². The van der Waals surface area contributed by atoms with E-state index in [1.807, 2.05) is 6.92 Å². The van der Waals surface area contributed by atoms with E-state index in [2.05, 4.69) is 15.1 Å². The number of nitrogens with zero attached hydrogens (tertiary/aromatic N) is 2. The molecule has 0 aliphatic carbocycles. The Labute approximate surface area is 137 Å². The van der Waals surface area contributed by atoms with Crippen molar-refractivity contribution in [2.45, 2.75) is 25.4 Å². The largest absolute Gasteiger partial charge is 0.315 e. The Morgan fingerprint density at radius 2 is 1.91 bits per heavy atom. The van der Waals surface area contributed by atoms with E-state index in [-0.39, 0.29) is 30.1 Å². The van der Waals surface area contributed by atoms with E-state index in [0.29, 0.717) is 11.6 Å². The molecule has 2 aliphatic rings. The Bertz CT molecular complexity index is 486. The maximum Gasteiger partial charge on any atom is 0.128 e. The molecular weight excluding hydrogens is 308 g/mol. The monoisotopic (exact) mass is 331 g/mol. The molecule has 0 bridgehead atoms. The lowest BCUT2D eigenvalue weighted by Gasteiger charge is -2.40. The van der Waals surface area contributed by atoms with Crippen molar-refractivity contribution in [3.8, 4) is 0 Å². The lowest BCUT2D eigenvalue weighted by molar-refractivity contribution is 0.0776. The summed E-state index contributed by atoms with van der Waals surface area (Å²) in [5, 5.41) is 3.40. The van der Waals surface area contributed by atoms with E-state index < -0.39 is 0 Å². The summed E-state index contributed by atoms with van der Waals surface area (Å²) in [6, 6.07) is 4.30. The molecule has 2 saturated heterocycles. The summed E-state index contributed by atoms with van der Waals surface area (Å²) in [6.45, 7) is 7.98. The number of benzene rings is 1. The standard InChI is InChI=1S/C16H23F2N3.ClH/c1-12(15-10-13(17)2-3-16(15)18)20-6-8-21(9-7-20)14-4-5-19-11-14;/h2-3,10,12,14,19H,4-9,11H2,1H3;1H. The van der Waals surface area contributed by atoms with Crippen molar-refractivity contribution in [1.29, 1.82) is 0 Å². The predicted octanol–water partition coefficient (Wildman–Crippen LogP) is 2.43. The van der Waals surface area contributed by atoms with Crippen molar-refractivity contribution in [2.24, 2.45) is 0 Å². The molecule has 1 aromatic rings. The predicted molar refractivity (Wildman–Crippen MR) is 86.4 cm³/mol. The van der Waals surface area contributed by atoms with Gasteiger partial charge in [-0.2, -0.15) is 0 Å². The molecule has 0 radical (unpaired) electrons. The van der Waals surface area contributed by atoms with Gasteiger partial charge in [0, 0.05) is 50.4 Å². The molecule has 2 fully saturated rings. The van der Waals surface area contributed by atoms with Crippen molar-refractivity contribution in [1.82, 2.24) is 15.1 Å². The minimum atomic E-state index is -0.367. The quantitative estimate of drug-likeness (QED) is 0.917. The first kappa shape index (κ1) is 17.6. The zero-order valence-electron chi connectivity index (χ0n) is 12.9. The summed E-state index contributed by atoms with van der Waals surface area (Å²) >= 11 is 0. The molecule has 3 nitrogen and oxygen atoms in total. The van der Waals surface area contributed by atoms with E-state index in [0.717, 1.165) is 39.3 Å². The summed E-state index contributed by atoms with van der Waals surface area (Å²) in [4.78, 5) is 4.77. The van der Waals surface area contributed by atoms with E-state index in [9.17, 15) is 8.78 Å². The van der Waals surface area contributed by atoms with Crippen LogP contribution < -0.4 is 5.32 Å². The SMILES string of the molecule is CC(c1cc(F)ccc1F)N1CCN(C2CCNC2)CC1.Cl. The van der Waals surface area contributed by atoms with Gasteiger partial charge in [0.15, 0.2) is 0 Å². The highest BCUT2D eigenvalue weighted by atomic mass is 35.5. The average molecular weight is 332 g/mol. The number of piperazine rings is 1. The number of hydrogen-bond acceptors (Lipinski definition) is 3. The number of halogens is 3. The van der Waals surface area contributed by atoms with Crippen LogP contribution in [-0.4, -0.2) is 55.1 Å². The normalized spacial score (nSPS) is 25.0. The summed E-state index contributed by atoms with van der Waals surface area (Å²) in [5.74, 6) is -0.680. The van der Waals surface area contributed by atoms with Crippen molar-refractivity contribution < 1.29 is 8.78 Å². The first-order valence-electron chi connectivity index (χ1n) is 7.79. The van der Waals surface area contributed by atoms with Crippen molar-refractivity contribution in [3.63, 3.8) is 0 Å². The van der Waals surface area contributed by atoms with E-state index in [4.69, 9.17) is 0 Å². The zero-order valence-corrected chi connectivity index (χ0v) is 13.7. The van der Waals surface area contributed by atoms with E-state index in [1.165, 1.54) is 24.6 Å². The van der Waals surface area contributed by atoms with Gasteiger partial charge in [0.2, 0.25) is 0 Å². The Morgan fingerprint density at radius 3 is 2.55 bits per heavy atom. The van der Waals surface area contributed by atoms with Gasteiger partial charge in [0.25, 0.3) is 0 Å². The van der Waals surface area contributed by atoms with E-state index >= 15 is 0 Å². The Balaban J connectivity index is 0.00000176. The van der Waals surface area contributed by atoms with Gasteiger partial charge in [0.1, 0.15) is 11.6 Å². The van der Waals surface area contributed by atoms with E-state index in [1.54, 1.807) is 0 Å². The maximum absolute atomic E-state index is 13.9. The van der Waals surface area contributed by atoms with Crippen LogP contribution in [0.2, 0.25) is 0 Å². The molecule has 0 aromatic heterocycles. The molecule has 1 N–H and O–H groups in total. The number of nitrogens with one attached hydrogen (secondary N) is 1. The van der Waals surface area contributed by atoms with Crippen LogP contribution in [0.5, 0.6) is 0 Å². The minimum Gasteiger partial charge on any atom is -0.315 e. The maximum atomic E-state index is 13.9. The number of hydrogen-bond donors (Lipinski definition) is 1. The lowest BCUT2D eigenvalue weighted by Crippen LogP contribution is -2.51. The van der Waals surface area contributed by atoms with Gasteiger partial charge in [0.05, 0.1) is 0 Å². The summed E-state index contributed by atoms with van der Waals surface area (Å²) in [7, 11) is 0. The number of rotatable bonds is 3. The summed E-state index contributed by atoms with van der Waals surface area (Å²) in [6.07, 6.45) is 1.22.